The smallest absolute Gasteiger partial charge is 0.178 e. The third-order valence-electron chi connectivity index (χ3n) is 8.31. The maximum absolute atomic E-state index is 8.67. The highest BCUT2D eigenvalue weighted by Crippen LogP contribution is 2.32. The summed E-state index contributed by atoms with van der Waals surface area (Å²) in [5.41, 5.74) is 0. The number of unbranched alkanes of at least 4 members (excludes halogenated alkanes) is 15. The first-order valence-corrected chi connectivity index (χ1v) is 20.9. The molecule has 2 nitrogen and oxygen atoms in total. The lowest BCUT2D eigenvalue weighted by Crippen LogP contribution is -2.49. The summed E-state index contributed by atoms with van der Waals surface area (Å²) in [5.74, 6) is 0. The fraction of sp³-hybridized carbons (Fsp3) is 1.00. The van der Waals surface area contributed by atoms with Crippen LogP contribution in [0.5, 0.6) is 0 Å². The quantitative estimate of drug-likeness (QED) is 0.102. The van der Waals surface area contributed by atoms with E-state index in [1.807, 2.05) is 0 Å². The minimum absolute atomic E-state index is 0.373. The summed E-state index contributed by atoms with van der Waals surface area (Å²) >= 11 is 0. The molecule has 0 saturated heterocycles. The van der Waals surface area contributed by atoms with Crippen LogP contribution in [0.25, 0.3) is 0 Å². The van der Waals surface area contributed by atoms with Crippen LogP contribution in [0.4, 0.5) is 0 Å². The fourth-order valence-electron chi connectivity index (χ4n) is 5.05. The molecule has 0 aliphatic heterocycles. The third kappa shape index (κ3) is 19.5. The van der Waals surface area contributed by atoms with E-state index in [-0.39, 0.29) is 0 Å². The van der Waals surface area contributed by atoms with E-state index in [0.29, 0.717) is 6.61 Å². The van der Waals surface area contributed by atoms with Crippen molar-refractivity contribution in [1.82, 2.24) is 0 Å². The van der Waals surface area contributed by atoms with Gasteiger partial charge in [-0.15, -0.1) is 0 Å². The second-order valence-electron chi connectivity index (χ2n) is 10.6. The van der Waals surface area contributed by atoms with Gasteiger partial charge in [0.1, 0.15) is 0 Å². The van der Waals surface area contributed by atoms with Gasteiger partial charge in [0.05, 0.1) is 0 Å². The van der Waals surface area contributed by atoms with E-state index in [1.165, 1.54) is 133 Å². The molecule has 0 amide bonds. The molecule has 0 aromatic heterocycles. The second kappa shape index (κ2) is 26.4. The van der Waals surface area contributed by atoms with Crippen molar-refractivity contribution >= 4 is 16.6 Å². The van der Waals surface area contributed by atoms with Gasteiger partial charge in [0.2, 0.25) is 0 Å². The van der Waals surface area contributed by atoms with E-state index in [9.17, 15) is 0 Å². The Balaban J connectivity index is 0. The fourth-order valence-corrected chi connectivity index (χ4v) is 15.2. The molecular formula is C30H68O2Si2. The topological polar surface area (TPSA) is 29.5 Å². The van der Waals surface area contributed by atoms with E-state index in [2.05, 4.69) is 48.5 Å². The van der Waals surface area contributed by atoms with E-state index >= 15 is 0 Å². The van der Waals surface area contributed by atoms with Crippen molar-refractivity contribution in [3.05, 3.63) is 0 Å². The monoisotopic (exact) mass is 516 g/mol. The van der Waals surface area contributed by atoms with E-state index in [0.717, 1.165) is 6.42 Å². The van der Waals surface area contributed by atoms with Gasteiger partial charge in [-0.1, -0.05) is 145 Å². The van der Waals surface area contributed by atoms with Gasteiger partial charge in [-0.25, -0.2) is 0 Å². The molecule has 0 heterocycles. The molecule has 0 aromatic rings. The average molecular weight is 517 g/mol. The molecule has 0 aliphatic carbocycles. The molecule has 0 saturated carbocycles. The van der Waals surface area contributed by atoms with Gasteiger partial charge in [-0.2, -0.15) is 0 Å². The summed E-state index contributed by atoms with van der Waals surface area (Å²) in [6.45, 7) is 16.7. The first-order valence-electron chi connectivity index (χ1n) is 15.8. The number of rotatable bonds is 24. The number of hydrogen-bond donors (Lipinski definition) is 1. The summed E-state index contributed by atoms with van der Waals surface area (Å²) in [7, 11) is -2.71. The van der Waals surface area contributed by atoms with Crippen LogP contribution in [0.15, 0.2) is 0 Å². The molecule has 0 fully saturated rings. The molecule has 208 valence electrons. The molecule has 34 heavy (non-hydrogen) atoms. The zero-order valence-electron chi connectivity index (χ0n) is 25.1. The van der Waals surface area contributed by atoms with Crippen LogP contribution in [0, 0.1) is 0 Å². The summed E-state index contributed by atoms with van der Waals surface area (Å²) in [6, 6.07) is 7.80. The predicted molar refractivity (Wildman–Crippen MR) is 162 cm³/mol. The second-order valence-corrected chi connectivity index (χ2v) is 20.4. The molecular weight excluding hydrogens is 449 g/mol. The average Bonchev–Trinajstić information content (AvgIpc) is 2.88. The molecule has 0 spiro atoms. The molecule has 4 heteroatoms. The molecule has 0 aromatic carbocycles. The highest BCUT2D eigenvalue weighted by molar-refractivity contribution is 6.87. The lowest BCUT2D eigenvalue weighted by Gasteiger charge is -2.40. The van der Waals surface area contributed by atoms with Gasteiger partial charge in [0.15, 0.2) is 16.6 Å². The van der Waals surface area contributed by atoms with Crippen LogP contribution >= 0.6 is 0 Å². The maximum atomic E-state index is 8.67. The molecule has 1 N–H and O–H groups in total. The van der Waals surface area contributed by atoms with E-state index in [1.54, 1.807) is 0 Å². The van der Waals surface area contributed by atoms with Gasteiger partial charge >= 0.3 is 0 Å². The molecule has 0 atom stereocenters. The zero-order valence-corrected chi connectivity index (χ0v) is 27.1. The zero-order chi connectivity index (χ0) is 26.0. The highest BCUT2D eigenvalue weighted by atomic mass is 28.4. The minimum atomic E-state index is -1.35. The van der Waals surface area contributed by atoms with Crippen LogP contribution in [0.2, 0.25) is 36.3 Å². The summed E-state index contributed by atoms with van der Waals surface area (Å²) < 4.78 is 6.80. The molecule has 0 radical (unpaired) electrons. The van der Waals surface area contributed by atoms with Crippen molar-refractivity contribution in [2.75, 3.05) is 6.61 Å². The Morgan fingerprint density at radius 2 is 0.618 bits per heavy atom. The van der Waals surface area contributed by atoms with Gasteiger partial charge in [0.25, 0.3) is 0 Å². The van der Waals surface area contributed by atoms with Crippen molar-refractivity contribution < 1.29 is 9.22 Å². The Morgan fingerprint density at radius 1 is 0.382 bits per heavy atom. The summed E-state index contributed by atoms with van der Waals surface area (Å²) in [5, 5.41) is 8.67. The predicted octanol–water partition coefficient (Wildman–Crippen LogP) is 11.3. The number of hydrogen-bond acceptors (Lipinski definition) is 2. The van der Waals surface area contributed by atoms with Crippen molar-refractivity contribution in [2.24, 2.45) is 0 Å². The van der Waals surface area contributed by atoms with E-state index < -0.39 is 16.6 Å². The maximum Gasteiger partial charge on any atom is 0.178 e. The van der Waals surface area contributed by atoms with Crippen LogP contribution in [-0.4, -0.2) is 28.3 Å². The third-order valence-corrected chi connectivity index (χ3v) is 19.5. The van der Waals surface area contributed by atoms with Gasteiger partial charge in [-0.05, 0) is 42.7 Å². The summed E-state index contributed by atoms with van der Waals surface area (Å²) in [4.78, 5) is 0. The first-order chi connectivity index (χ1) is 16.5. The normalized spacial score (nSPS) is 12.0. The van der Waals surface area contributed by atoms with Gasteiger partial charge in [-0.3, -0.25) is 0 Å². The minimum Gasteiger partial charge on any atom is -0.455 e. The Labute approximate surface area is 219 Å². The Kier molecular flexibility index (Phi) is 28.4. The summed E-state index contributed by atoms with van der Waals surface area (Å²) in [6.07, 6.45) is 22.2. The van der Waals surface area contributed by atoms with E-state index in [4.69, 9.17) is 9.22 Å². The van der Waals surface area contributed by atoms with Crippen molar-refractivity contribution in [3.8, 4) is 0 Å². The van der Waals surface area contributed by atoms with Gasteiger partial charge < -0.3 is 9.22 Å². The SMILES string of the molecule is CCCCCCCCCCCCCCCCCCO.CC[Si](CC)(CC)O[Si](CC)(CC)CC. The lowest BCUT2D eigenvalue weighted by atomic mass is 10.0. The molecule has 0 aliphatic rings. The van der Waals surface area contributed by atoms with Crippen LogP contribution < -0.4 is 0 Å². The standard InChI is InChI=1S/C18H38O.C12H30OSi2/c1-2-3-4-5-6-7-8-9-10-11-12-13-14-15-16-17-18-19;1-7-14(8-2,9-3)13-15(10-4,11-5)12-6/h19H,2-18H2,1H3;7-12H2,1-6H3. The van der Waals surface area contributed by atoms with Crippen molar-refractivity contribution in [3.63, 3.8) is 0 Å². The van der Waals surface area contributed by atoms with Gasteiger partial charge in [0, 0.05) is 6.61 Å². The lowest BCUT2D eigenvalue weighted by molar-refractivity contribution is 0.282. The number of aliphatic hydroxyl groups is 1. The van der Waals surface area contributed by atoms with Crippen LogP contribution in [0.1, 0.15) is 151 Å². The van der Waals surface area contributed by atoms with Crippen LogP contribution in [-0.2, 0) is 4.12 Å². The Bertz CT molecular complexity index is 331. The Hall–Kier alpha value is 0.354. The molecule has 0 rings (SSSR count). The largest absolute Gasteiger partial charge is 0.455 e. The van der Waals surface area contributed by atoms with Crippen molar-refractivity contribution in [1.29, 1.82) is 0 Å². The molecule has 0 unspecified atom stereocenters. The molecule has 0 bridgehead atoms. The van der Waals surface area contributed by atoms with Crippen LogP contribution in [0.3, 0.4) is 0 Å². The van der Waals surface area contributed by atoms with Crippen molar-refractivity contribution in [2.45, 2.75) is 187 Å². The first kappa shape index (κ1) is 36.5. The Morgan fingerprint density at radius 3 is 0.824 bits per heavy atom. The number of aliphatic hydroxyl groups excluding tert-OH is 1. The highest BCUT2D eigenvalue weighted by Gasteiger charge is 2.39.